The highest BCUT2D eigenvalue weighted by molar-refractivity contribution is 5.79. The first-order chi connectivity index (χ1) is 10.3. The van der Waals surface area contributed by atoms with Crippen molar-refractivity contribution in [3.8, 4) is 11.5 Å². The number of aldehydes is 1. The van der Waals surface area contributed by atoms with Gasteiger partial charge in [-0.25, -0.2) is 0 Å². The van der Waals surface area contributed by atoms with Gasteiger partial charge in [0.15, 0.2) is 11.5 Å². The Morgan fingerprint density at radius 3 is 2.29 bits per heavy atom. The summed E-state index contributed by atoms with van der Waals surface area (Å²) in [6, 6.07) is 13.6. The monoisotopic (exact) mass is 282 g/mol. The lowest BCUT2D eigenvalue weighted by atomic mass is 10.0. The molecule has 0 fully saturated rings. The average molecular weight is 282 g/mol. The molecular weight excluding hydrogens is 264 g/mol. The van der Waals surface area contributed by atoms with Crippen LogP contribution in [-0.4, -0.2) is 20.5 Å². The highest BCUT2D eigenvalue weighted by Gasteiger charge is 2.09. The maximum atomic E-state index is 11.2. The first kappa shape index (κ1) is 14.9. The molecule has 2 aromatic rings. The zero-order chi connectivity index (χ0) is 15.1. The van der Waals surface area contributed by atoms with Crippen LogP contribution in [0.25, 0.3) is 6.08 Å². The highest BCUT2D eigenvalue weighted by Crippen LogP contribution is 2.30. The molecule has 0 heterocycles. The summed E-state index contributed by atoms with van der Waals surface area (Å²) in [5.41, 5.74) is 2.66. The second-order valence-electron chi connectivity index (χ2n) is 4.54. The van der Waals surface area contributed by atoms with Crippen LogP contribution in [0.3, 0.4) is 0 Å². The lowest BCUT2D eigenvalue weighted by Gasteiger charge is -2.11. The summed E-state index contributed by atoms with van der Waals surface area (Å²) in [7, 11) is 3.14. The molecule has 2 aromatic carbocycles. The van der Waals surface area contributed by atoms with Gasteiger partial charge in [0, 0.05) is 5.56 Å². The number of ether oxygens (including phenoxy) is 2. The van der Waals surface area contributed by atoms with E-state index in [9.17, 15) is 4.79 Å². The van der Waals surface area contributed by atoms with Gasteiger partial charge >= 0.3 is 0 Å². The van der Waals surface area contributed by atoms with Crippen LogP contribution in [0, 0.1) is 0 Å². The molecule has 3 heteroatoms. The average Bonchev–Trinajstić information content (AvgIpc) is 2.55. The van der Waals surface area contributed by atoms with Crippen molar-refractivity contribution in [1.29, 1.82) is 0 Å². The first-order valence-electron chi connectivity index (χ1n) is 6.70. The van der Waals surface area contributed by atoms with Gasteiger partial charge in [-0.2, -0.15) is 0 Å². The summed E-state index contributed by atoms with van der Waals surface area (Å²) < 4.78 is 10.5. The minimum absolute atomic E-state index is 0.565. The van der Waals surface area contributed by atoms with Gasteiger partial charge in [-0.05, 0) is 29.7 Å². The molecule has 0 aliphatic rings. The lowest BCUT2D eigenvalue weighted by Crippen LogP contribution is -1.97. The molecular formula is C18H18O3. The van der Waals surface area contributed by atoms with E-state index in [1.165, 1.54) is 0 Å². The summed E-state index contributed by atoms with van der Waals surface area (Å²) in [5.74, 6) is 1.20. The molecule has 2 rings (SSSR count). The quantitative estimate of drug-likeness (QED) is 0.756. The third kappa shape index (κ3) is 3.72. The molecule has 0 saturated carbocycles. The normalized spacial score (nSPS) is 10.6. The molecule has 0 saturated heterocycles. The Kier molecular flexibility index (Phi) is 5.16. The van der Waals surface area contributed by atoms with Crippen LogP contribution in [0.1, 0.15) is 21.5 Å². The topological polar surface area (TPSA) is 35.5 Å². The Morgan fingerprint density at radius 1 is 1.00 bits per heavy atom. The van der Waals surface area contributed by atoms with Crippen molar-refractivity contribution in [2.24, 2.45) is 0 Å². The van der Waals surface area contributed by atoms with Gasteiger partial charge < -0.3 is 9.47 Å². The van der Waals surface area contributed by atoms with Crippen LogP contribution in [0.2, 0.25) is 0 Å². The molecule has 0 aromatic heterocycles. The van der Waals surface area contributed by atoms with Crippen LogP contribution in [0.5, 0.6) is 11.5 Å². The maximum absolute atomic E-state index is 11.2. The number of allylic oxidation sites excluding steroid dienone is 1. The van der Waals surface area contributed by atoms with Crippen LogP contribution in [-0.2, 0) is 6.42 Å². The van der Waals surface area contributed by atoms with Crippen molar-refractivity contribution in [1.82, 2.24) is 0 Å². The maximum Gasteiger partial charge on any atom is 0.161 e. The van der Waals surface area contributed by atoms with Crippen molar-refractivity contribution < 1.29 is 14.3 Å². The van der Waals surface area contributed by atoms with Gasteiger partial charge in [0.1, 0.15) is 6.29 Å². The molecule has 21 heavy (non-hydrogen) atoms. The number of benzene rings is 2. The Hall–Kier alpha value is -2.55. The van der Waals surface area contributed by atoms with Gasteiger partial charge in [0.05, 0.1) is 14.2 Å². The molecule has 0 atom stereocenters. The van der Waals surface area contributed by atoms with E-state index in [1.807, 2.05) is 48.6 Å². The second-order valence-corrected chi connectivity index (χ2v) is 4.54. The van der Waals surface area contributed by atoms with E-state index >= 15 is 0 Å². The van der Waals surface area contributed by atoms with E-state index in [-0.39, 0.29) is 0 Å². The van der Waals surface area contributed by atoms with Crippen LogP contribution >= 0.6 is 0 Å². The molecule has 108 valence electrons. The molecule has 0 bridgehead atoms. The predicted molar refractivity (Wildman–Crippen MR) is 84.1 cm³/mol. The summed E-state index contributed by atoms with van der Waals surface area (Å²) >= 11 is 0. The minimum Gasteiger partial charge on any atom is -0.493 e. The molecule has 0 aliphatic heterocycles. The summed E-state index contributed by atoms with van der Waals surface area (Å²) in [6.45, 7) is 0. The number of rotatable bonds is 6. The van der Waals surface area contributed by atoms with E-state index in [1.54, 1.807) is 20.3 Å². The third-order valence-electron chi connectivity index (χ3n) is 3.22. The Bertz CT molecular complexity index is 630. The van der Waals surface area contributed by atoms with E-state index in [4.69, 9.17) is 9.47 Å². The highest BCUT2D eigenvalue weighted by atomic mass is 16.5. The predicted octanol–water partition coefficient (Wildman–Crippen LogP) is 3.77. The molecule has 0 amide bonds. The fraction of sp³-hybridized carbons (Fsp3) is 0.167. The van der Waals surface area contributed by atoms with Gasteiger partial charge in [-0.15, -0.1) is 0 Å². The van der Waals surface area contributed by atoms with Gasteiger partial charge in [0.25, 0.3) is 0 Å². The van der Waals surface area contributed by atoms with Crippen LogP contribution in [0.15, 0.2) is 48.5 Å². The van der Waals surface area contributed by atoms with E-state index < -0.39 is 0 Å². The fourth-order valence-corrected chi connectivity index (χ4v) is 2.11. The van der Waals surface area contributed by atoms with Crippen molar-refractivity contribution in [2.75, 3.05) is 14.2 Å². The zero-order valence-corrected chi connectivity index (χ0v) is 12.2. The van der Waals surface area contributed by atoms with Gasteiger partial charge in [-0.1, -0.05) is 42.5 Å². The number of carbonyl (C=O) groups is 1. The summed E-state index contributed by atoms with van der Waals surface area (Å²) in [6.07, 6.45) is 5.56. The van der Waals surface area contributed by atoms with Gasteiger partial charge in [0.2, 0.25) is 0 Å². The van der Waals surface area contributed by atoms with Crippen LogP contribution < -0.4 is 9.47 Å². The lowest BCUT2D eigenvalue weighted by molar-refractivity contribution is 0.112. The van der Waals surface area contributed by atoms with Crippen molar-refractivity contribution in [3.63, 3.8) is 0 Å². The SMILES string of the molecule is COc1cc(C=O)c(C/C=C/c2ccccc2)cc1OC. The standard InChI is InChI=1S/C18H18O3/c1-20-17-11-15(16(13-19)12-18(17)21-2)10-6-9-14-7-4-3-5-8-14/h3-9,11-13H,10H2,1-2H3/b9-6+. The van der Waals surface area contributed by atoms with E-state index in [0.717, 1.165) is 17.4 Å². The molecule has 3 nitrogen and oxygen atoms in total. The third-order valence-corrected chi connectivity index (χ3v) is 3.22. The fourth-order valence-electron chi connectivity index (χ4n) is 2.11. The Morgan fingerprint density at radius 2 is 1.67 bits per heavy atom. The summed E-state index contributed by atoms with van der Waals surface area (Å²) in [4.78, 5) is 11.2. The Balaban J connectivity index is 2.23. The minimum atomic E-state index is 0.565. The second kappa shape index (κ2) is 7.29. The van der Waals surface area contributed by atoms with Crippen molar-refractivity contribution >= 4 is 12.4 Å². The van der Waals surface area contributed by atoms with Crippen LogP contribution in [0.4, 0.5) is 0 Å². The molecule has 0 radical (unpaired) electrons. The number of carbonyl (C=O) groups excluding carboxylic acids is 1. The zero-order valence-electron chi connectivity index (χ0n) is 12.2. The number of hydrogen-bond acceptors (Lipinski definition) is 3. The molecule has 0 aliphatic carbocycles. The largest absolute Gasteiger partial charge is 0.493 e. The van der Waals surface area contributed by atoms with Crippen molar-refractivity contribution in [3.05, 3.63) is 65.2 Å². The summed E-state index contributed by atoms with van der Waals surface area (Å²) in [5, 5.41) is 0. The van der Waals surface area contributed by atoms with Gasteiger partial charge in [-0.3, -0.25) is 4.79 Å². The first-order valence-corrected chi connectivity index (χ1v) is 6.70. The molecule has 0 unspecified atom stereocenters. The number of hydrogen-bond donors (Lipinski definition) is 0. The van der Waals surface area contributed by atoms with E-state index in [2.05, 4.69) is 0 Å². The molecule has 0 N–H and O–H groups in total. The number of methoxy groups -OCH3 is 2. The van der Waals surface area contributed by atoms with E-state index in [0.29, 0.717) is 23.5 Å². The Labute approximate surface area is 124 Å². The van der Waals surface area contributed by atoms with Crippen molar-refractivity contribution in [2.45, 2.75) is 6.42 Å². The smallest absolute Gasteiger partial charge is 0.161 e. The molecule has 0 spiro atoms.